The lowest BCUT2D eigenvalue weighted by atomic mass is 9.95. The normalized spacial score (nSPS) is 15.8. The van der Waals surface area contributed by atoms with Crippen molar-refractivity contribution in [1.82, 2.24) is 18.9 Å². The third kappa shape index (κ3) is 6.60. The topological polar surface area (TPSA) is 104 Å². The van der Waals surface area contributed by atoms with Gasteiger partial charge in [-0.3, -0.25) is 0 Å². The maximum Gasteiger partial charge on any atom is 0.337 e. The number of fused-ring (bicyclic) bond motifs is 2. The number of nitrogens with zero attached hydrogens (tertiary/aromatic N) is 5. The zero-order valence-electron chi connectivity index (χ0n) is 27.7. The number of carbonyl (C=O) groups is 2. The highest BCUT2D eigenvalue weighted by molar-refractivity contribution is 9.10. The average Bonchev–Trinajstić information content (AvgIpc) is 3.95. The van der Waals surface area contributed by atoms with Crippen molar-refractivity contribution in [2.75, 3.05) is 13.7 Å². The van der Waals surface area contributed by atoms with E-state index in [1.807, 2.05) is 55.3 Å². The van der Waals surface area contributed by atoms with Gasteiger partial charge in [-0.1, -0.05) is 37.8 Å². The van der Waals surface area contributed by atoms with E-state index in [4.69, 9.17) is 4.74 Å². The molecule has 0 radical (unpaired) electrons. The van der Waals surface area contributed by atoms with Gasteiger partial charge in [0.25, 0.3) is 0 Å². The van der Waals surface area contributed by atoms with Gasteiger partial charge in [-0.2, -0.15) is 10.1 Å². The molecule has 0 saturated heterocycles. The monoisotopic (exact) mass is 710 g/mol. The summed E-state index contributed by atoms with van der Waals surface area (Å²) < 4.78 is 12.0. The van der Waals surface area contributed by atoms with Crippen molar-refractivity contribution in [3.8, 4) is 5.82 Å². The molecule has 0 bridgehead atoms. The molecular formula is C38H41BrN5O4+. The Morgan fingerprint density at radius 3 is 2.04 bits per heavy atom. The van der Waals surface area contributed by atoms with Crippen molar-refractivity contribution in [3.05, 3.63) is 93.9 Å². The molecule has 3 aliphatic rings. The van der Waals surface area contributed by atoms with Gasteiger partial charge in [-0.15, -0.1) is 0 Å². The van der Waals surface area contributed by atoms with Crippen molar-refractivity contribution in [2.45, 2.75) is 63.2 Å². The number of aliphatic imine (C=N–C) groups is 1. The standard InChI is InChI=1S/C18H19N3O2.C16H18BrNO2.C4H4N/c1-20-15-11-13(18(22)23)7-8-14(15)16(12-5-2-3-6-12)17(20)21-10-4-9-19-21;1-18-13-9-11(16(19)20-2)7-8-12(13)14(15(18)17)10-5-3-4-6-10;1-2-4-5-3-1/h4,7-12H,2-3,5-6H2,1H3,(H,22,23);7-10H,3-6H2,1-2H3;1,3H,4H2/q;;+1. The molecule has 3 aromatic heterocycles. The predicted octanol–water partition coefficient (Wildman–Crippen LogP) is 8.53. The van der Waals surface area contributed by atoms with E-state index in [-0.39, 0.29) is 5.97 Å². The number of carbonyl (C=O) groups excluding carboxylic acids is 1. The summed E-state index contributed by atoms with van der Waals surface area (Å²) in [6.07, 6.45) is 20.2. The van der Waals surface area contributed by atoms with Crippen LogP contribution >= 0.6 is 15.9 Å². The number of benzene rings is 2. The molecule has 0 unspecified atom stereocenters. The Morgan fingerprint density at radius 1 is 0.896 bits per heavy atom. The number of hydrogen-bond acceptors (Lipinski definition) is 5. The van der Waals surface area contributed by atoms with Crippen LogP contribution in [-0.4, -0.2) is 55.8 Å². The Morgan fingerprint density at radius 2 is 1.50 bits per heavy atom. The summed E-state index contributed by atoms with van der Waals surface area (Å²) in [4.78, 5) is 26.8. The molecule has 1 N–H and O–H groups in total. The van der Waals surface area contributed by atoms with Gasteiger partial charge in [-0.25, -0.2) is 14.3 Å². The number of aryl methyl sites for hydroxylation is 2. The molecule has 8 rings (SSSR count). The summed E-state index contributed by atoms with van der Waals surface area (Å²) in [7, 11) is 5.44. The maximum atomic E-state index is 11.7. The fourth-order valence-corrected chi connectivity index (χ4v) is 8.15. The fourth-order valence-electron chi connectivity index (χ4n) is 7.42. The maximum absolute atomic E-state index is 11.7. The summed E-state index contributed by atoms with van der Waals surface area (Å²) in [5.74, 6) is 1.04. The van der Waals surface area contributed by atoms with Crippen molar-refractivity contribution >= 4 is 55.9 Å². The van der Waals surface area contributed by atoms with Gasteiger partial charge in [0.1, 0.15) is 5.82 Å². The van der Waals surface area contributed by atoms with Gasteiger partial charge in [0, 0.05) is 48.3 Å². The molecular weight excluding hydrogens is 670 g/mol. The van der Waals surface area contributed by atoms with Crippen molar-refractivity contribution in [1.29, 1.82) is 0 Å². The number of hydrogen-bond donors (Lipinski definition) is 1. The third-order valence-electron chi connectivity index (χ3n) is 9.77. The molecule has 2 aromatic carbocycles. The fraction of sp³-hybridized carbons (Fsp3) is 0.368. The van der Waals surface area contributed by atoms with E-state index in [2.05, 4.69) is 47.3 Å². The first kappa shape index (κ1) is 33.4. The van der Waals surface area contributed by atoms with E-state index < -0.39 is 5.97 Å². The van der Waals surface area contributed by atoms with E-state index >= 15 is 0 Å². The van der Waals surface area contributed by atoms with Crippen molar-refractivity contribution in [2.24, 2.45) is 19.1 Å². The minimum Gasteiger partial charge on any atom is -0.478 e. The van der Waals surface area contributed by atoms with Crippen LogP contribution in [0.2, 0.25) is 0 Å². The largest absolute Gasteiger partial charge is 0.478 e. The zero-order valence-corrected chi connectivity index (χ0v) is 29.2. The summed E-state index contributed by atoms with van der Waals surface area (Å²) in [6.45, 7) is 0.764. The minimum atomic E-state index is -0.892. The highest BCUT2D eigenvalue weighted by Crippen LogP contribution is 2.44. The molecule has 4 heterocycles. The minimum absolute atomic E-state index is 0.286. The molecule has 48 heavy (non-hydrogen) atoms. The van der Waals surface area contributed by atoms with Crippen LogP contribution in [0.4, 0.5) is 0 Å². The number of allylic oxidation sites excluding steroid dienone is 1. The Kier molecular flexibility index (Phi) is 10.2. The summed E-state index contributed by atoms with van der Waals surface area (Å²) in [6, 6.07) is 13.2. The number of aromatic carboxylic acids is 1. The summed E-state index contributed by atoms with van der Waals surface area (Å²) in [5, 5.41) is 16.1. The molecule has 1 aliphatic heterocycles. The van der Waals surface area contributed by atoms with Gasteiger partial charge in [0.05, 0.1) is 34.4 Å². The Labute approximate surface area is 289 Å². The van der Waals surface area contributed by atoms with E-state index in [9.17, 15) is 14.7 Å². The van der Waals surface area contributed by atoms with Crippen LogP contribution in [0.3, 0.4) is 0 Å². The second-order valence-corrected chi connectivity index (χ2v) is 13.3. The lowest BCUT2D eigenvalue weighted by Crippen LogP contribution is -2.06. The van der Waals surface area contributed by atoms with Crippen LogP contribution in [0.1, 0.15) is 95.0 Å². The van der Waals surface area contributed by atoms with Crippen LogP contribution in [0.25, 0.3) is 27.6 Å². The van der Waals surface area contributed by atoms with Gasteiger partial charge in [0.2, 0.25) is 0 Å². The van der Waals surface area contributed by atoms with Crippen LogP contribution in [-0.2, 0) is 18.8 Å². The first-order chi connectivity index (χ1) is 23.3. The number of ether oxygens (including phenoxy) is 1. The Balaban J connectivity index is 0.000000147. The molecule has 2 aliphatic carbocycles. The highest BCUT2D eigenvalue weighted by Gasteiger charge is 2.28. The van der Waals surface area contributed by atoms with Crippen molar-refractivity contribution in [3.63, 3.8) is 0 Å². The Bertz CT molecular complexity index is 1980. The average molecular weight is 712 g/mol. The first-order valence-electron chi connectivity index (χ1n) is 16.6. The second kappa shape index (κ2) is 14.7. The van der Waals surface area contributed by atoms with Gasteiger partial charge >= 0.3 is 11.9 Å². The van der Waals surface area contributed by atoms with Crippen LogP contribution < -0.4 is 0 Å². The molecule has 0 spiro atoms. The summed E-state index contributed by atoms with van der Waals surface area (Å²) in [5.41, 5.74) is 5.67. The third-order valence-corrected chi connectivity index (χ3v) is 10.7. The SMILES string of the molecule is COC(=O)c1ccc2c(C3CCCC3)c(Br)n(C)c2c1.Cn1c(-n2cccn2)c(C2CCCC2)c2ccc(C(=O)O)cc21.[C+]1=CC=NC1. The number of methoxy groups -OCH3 is 1. The van der Waals surface area contributed by atoms with Crippen LogP contribution in [0, 0.1) is 6.08 Å². The quantitative estimate of drug-likeness (QED) is 0.145. The number of aromatic nitrogens is 4. The van der Waals surface area contributed by atoms with E-state index in [1.165, 1.54) is 75.0 Å². The molecule has 2 saturated carbocycles. The number of rotatable bonds is 5. The van der Waals surface area contributed by atoms with Crippen LogP contribution in [0.15, 0.2) is 70.5 Å². The summed E-state index contributed by atoms with van der Waals surface area (Å²) >= 11 is 3.73. The molecule has 0 amide bonds. The number of carboxylic acids is 1. The van der Waals surface area contributed by atoms with Gasteiger partial charge < -0.3 is 19.0 Å². The van der Waals surface area contributed by atoms with E-state index in [0.29, 0.717) is 23.0 Å². The molecule has 248 valence electrons. The van der Waals surface area contributed by atoms with E-state index in [1.54, 1.807) is 24.5 Å². The molecule has 5 aromatic rings. The lowest BCUT2D eigenvalue weighted by molar-refractivity contribution is 0.0600. The molecule has 10 heteroatoms. The number of halogens is 1. The lowest BCUT2D eigenvalue weighted by Gasteiger charge is -2.13. The Hall–Kier alpha value is -4.53. The highest BCUT2D eigenvalue weighted by atomic mass is 79.9. The number of carboxylic acid groups (broad SMARTS) is 1. The van der Waals surface area contributed by atoms with Crippen molar-refractivity contribution < 1.29 is 19.4 Å². The smallest absolute Gasteiger partial charge is 0.337 e. The molecule has 2 fully saturated rings. The van der Waals surface area contributed by atoms with Gasteiger partial charge in [0.15, 0.2) is 18.8 Å². The number of esters is 1. The van der Waals surface area contributed by atoms with Crippen LogP contribution in [0.5, 0.6) is 0 Å². The molecule has 0 atom stereocenters. The first-order valence-corrected chi connectivity index (χ1v) is 17.4. The predicted molar refractivity (Wildman–Crippen MR) is 193 cm³/mol. The van der Waals surface area contributed by atoms with Gasteiger partial charge in [-0.05, 0) is 89.3 Å². The van der Waals surface area contributed by atoms with E-state index in [0.717, 1.165) is 33.4 Å². The second-order valence-electron chi connectivity index (χ2n) is 12.6. The zero-order chi connectivity index (χ0) is 33.8. The molecule has 9 nitrogen and oxygen atoms in total.